The molecule has 1 heterocycles. The number of nitrogens with zero attached hydrogens (tertiary/aromatic N) is 2. The zero-order chi connectivity index (χ0) is 18.2. The summed E-state index contributed by atoms with van der Waals surface area (Å²) in [6.45, 7) is 0.556. The molecule has 138 valence electrons. The Kier molecular flexibility index (Phi) is 5.18. The van der Waals surface area contributed by atoms with E-state index in [-0.39, 0.29) is 4.90 Å². The van der Waals surface area contributed by atoms with Gasteiger partial charge in [0.05, 0.1) is 4.90 Å². The molecule has 1 aliphatic heterocycles. The van der Waals surface area contributed by atoms with E-state index in [0.717, 1.165) is 31.2 Å². The molecular weight excluding hydrogens is 340 g/mol. The van der Waals surface area contributed by atoms with Crippen molar-refractivity contribution in [3.8, 4) is 0 Å². The zero-order valence-corrected chi connectivity index (χ0v) is 15.6. The van der Waals surface area contributed by atoms with E-state index in [4.69, 9.17) is 0 Å². The molecule has 0 aromatic heterocycles. The highest BCUT2D eigenvalue weighted by molar-refractivity contribution is 7.89. The molecule has 1 aliphatic carbocycles. The Morgan fingerprint density at radius 1 is 1.20 bits per heavy atom. The Morgan fingerprint density at radius 3 is 2.44 bits per heavy atom. The third-order valence-corrected chi connectivity index (χ3v) is 7.40. The molecule has 0 radical (unpaired) electrons. The Hall–Kier alpha value is -1.44. The fourth-order valence-electron chi connectivity index (χ4n) is 4.21. The lowest BCUT2D eigenvalue weighted by Gasteiger charge is -2.33. The summed E-state index contributed by atoms with van der Waals surface area (Å²) in [4.78, 5) is 14.0. The highest BCUT2D eigenvalue weighted by atomic mass is 32.2. The van der Waals surface area contributed by atoms with Crippen molar-refractivity contribution in [2.45, 2.75) is 55.6 Å². The van der Waals surface area contributed by atoms with E-state index < -0.39 is 22.0 Å². The number of rotatable bonds is 5. The Bertz CT molecular complexity index is 730. The van der Waals surface area contributed by atoms with Crippen LogP contribution in [0.5, 0.6) is 0 Å². The summed E-state index contributed by atoms with van der Waals surface area (Å²) < 4.78 is 25.5. The topological polar surface area (TPSA) is 77.9 Å². The minimum absolute atomic E-state index is 0.257. The average Bonchev–Trinajstić information content (AvgIpc) is 2.94. The van der Waals surface area contributed by atoms with Gasteiger partial charge in [-0.15, -0.1) is 0 Å². The first-order valence-corrected chi connectivity index (χ1v) is 10.2. The van der Waals surface area contributed by atoms with Gasteiger partial charge in [0, 0.05) is 26.7 Å². The molecule has 2 fully saturated rings. The van der Waals surface area contributed by atoms with Gasteiger partial charge in [-0.1, -0.05) is 25.0 Å². The lowest BCUT2D eigenvalue weighted by atomic mass is 9.84. The molecule has 1 aromatic rings. The molecule has 3 atom stereocenters. The molecule has 2 aliphatic rings. The molecule has 25 heavy (non-hydrogen) atoms. The molecular formula is C18H26N2O4S. The first kappa shape index (κ1) is 18.4. The van der Waals surface area contributed by atoms with Crippen molar-refractivity contribution < 1.29 is 18.3 Å². The van der Waals surface area contributed by atoms with E-state index in [9.17, 15) is 18.3 Å². The van der Waals surface area contributed by atoms with Gasteiger partial charge in [-0.2, -0.15) is 0 Å². The van der Waals surface area contributed by atoms with Crippen LogP contribution in [-0.2, 0) is 21.4 Å². The van der Waals surface area contributed by atoms with E-state index in [1.54, 1.807) is 24.3 Å². The van der Waals surface area contributed by atoms with Gasteiger partial charge in [-0.25, -0.2) is 12.7 Å². The molecule has 1 saturated carbocycles. The number of hydrogen-bond acceptors (Lipinski definition) is 4. The van der Waals surface area contributed by atoms with Crippen molar-refractivity contribution in [1.29, 1.82) is 0 Å². The highest BCUT2D eigenvalue weighted by Crippen LogP contribution is 2.40. The predicted octanol–water partition coefficient (Wildman–Crippen LogP) is 2.15. The Labute approximate surface area is 149 Å². The number of carboxylic acids is 1. The molecule has 1 saturated heterocycles. The molecule has 1 aromatic carbocycles. The summed E-state index contributed by atoms with van der Waals surface area (Å²) >= 11 is 0. The van der Waals surface area contributed by atoms with Gasteiger partial charge >= 0.3 is 5.97 Å². The van der Waals surface area contributed by atoms with Crippen LogP contribution in [0.1, 0.15) is 37.7 Å². The molecule has 1 N–H and O–H groups in total. The van der Waals surface area contributed by atoms with Crippen LogP contribution in [0.2, 0.25) is 0 Å². The molecule has 0 spiro atoms. The van der Waals surface area contributed by atoms with Gasteiger partial charge in [0.25, 0.3) is 0 Å². The van der Waals surface area contributed by atoms with E-state index in [0.29, 0.717) is 18.5 Å². The third kappa shape index (κ3) is 3.59. The van der Waals surface area contributed by atoms with Crippen molar-refractivity contribution >= 4 is 16.0 Å². The van der Waals surface area contributed by atoms with E-state index in [2.05, 4.69) is 4.90 Å². The fraction of sp³-hybridized carbons (Fsp3) is 0.611. The van der Waals surface area contributed by atoms with E-state index in [1.807, 2.05) is 0 Å². The fourth-order valence-corrected chi connectivity index (χ4v) is 5.11. The maximum atomic E-state index is 12.2. The van der Waals surface area contributed by atoms with Crippen molar-refractivity contribution in [3.63, 3.8) is 0 Å². The molecule has 6 nitrogen and oxygen atoms in total. The van der Waals surface area contributed by atoms with Gasteiger partial charge in [-0.05, 0) is 42.9 Å². The van der Waals surface area contributed by atoms with Crippen molar-refractivity contribution in [1.82, 2.24) is 9.21 Å². The summed E-state index contributed by atoms with van der Waals surface area (Å²) in [5.41, 5.74) is 0.954. The minimum Gasteiger partial charge on any atom is -0.480 e. The summed E-state index contributed by atoms with van der Waals surface area (Å²) in [6, 6.07) is 6.71. The van der Waals surface area contributed by atoms with Gasteiger partial charge in [0.2, 0.25) is 10.0 Å². The second kappa shape index (κ2) is 7.05. The lowest BCUT2D eigenvalue weighted by Crippen LogP contribution is -2.41. The molecule has 3 unspecified atom stereocenters. The van der Waals surface area contributed by atoms with Crippen LogP contribution in [0.4, 0.5) is 0 Å². The van der Waals surface area contributed by atoms with E-state index >= 15 is 0 Å². The molecule has 0 bridgehead atoms. The number of carbonyl (C=O) groups is 1. The first-order chi connectivity index (χ1) is 11.8. The van der Waals surface area contributed by atoms with Crippen LogP contribution < -0.4 is 0 Å². The molecule has 0 amide bonds. The third-order valence-electron chi connectivity index (χ3n) is 5.57. The van der Waals surface area contributed by atoms with Crippen LogP contribution >= 0.6 is 0 Å². The first-order valence-electron chi connectivity index (χ1n) is 8.80. The van der Waals surface area contributed by atoms with Gasteiger partial charge in [0.15, 0.2) is 0 Å². The van der Waals surface area contributed by atoms with Crippen LogP contribution in [0.25, 0.3) is 0 Å². The second-order valence-electron chi connectivity index (χ2n) is 7.31. The van der Waals surface area contributed by atoms with Crippen LogP contribution in [-0.4, -0.2) is 54.9 Å². The quantitative estimate of drug-likeness (QED) is 0.864. The molecule has 7 heteroatoms. The predicted molar refractivity (Wildman–Crippen MR) is 94.6 cm³/mol. The summed E-state index contributed by atoms with van der Waals surface area (Å²) in [6.07, 6.45) is 5.25. The van der Waals surface area contributed by atoms with Gasteiger partial charge in [0.1, 0.15) is 6.04 Å². The number of hydrogen-bond donors (Lipinski definition) is 1. The summed E-state index contributed by atoms with van der Waals surface area (Å²) in [5.74, 6) is -0.274. The number of fused-ring (bicyclic) bond motifs is 1. The summed E-state index contributed by atoms with van der Waals surface area (Å²) in [7, 11) is -0.422. The Balaban J connectivity index is 1.79. The standard InChI is InChI=1S/C18H26N2O4S/c1-19(2)25(23,24)15-9-7-13(8-10-15)12-20-16-6-4-3-5-14(16)11-17(20)18(21)22/h7-10,14,16-17H,3-6,11-12H2,1-2H3,(H,21,22). The SMILES string of the molecule is CN(C)S(=O)(=O)c1ccc(CN2C(C(=O)O)CC3CCCCC32)cc1. The largest absolute Gasteiger partial charge is 0.480 e. The van der Waals surface area contributed by atoms with Crippen LogP contribution in [0, 0.1) is 5.92 Å². The minimum atomic E-state index is -3.44. The van der Waals surface area contributed by atoms with Gasteiger partial charge in [-0.3, -0.25) is 9.69 Å². The van der Waals surface area contributed by atoms with Crippen LogP contribution in [0.15, 0.2) is 29.2 Å². The lowest BCUT2D eigenvalue weighted by molar-refractivity contribution is -0.142. The Morgan fingerprint density at radius 2 is 1.84 bits per heavy atom. The normalized spacial score (nSPS) is 27.4. The smallest absolute Gasteiger partial charge is 0.320 e. The average molecular weight is 366 g/mol. The number of sulfonamides is 1. The van der Waals surface area contributed by atoms with E-state index in [1.165, 1.54) is 24.8 Å². The molecule has 3 rings (SSSR count). The zero-order valence-electron chi connectivity index (χ0n) is 14.8. The van der Waals surface area contributed by atoms with Crippen LogP contribution in [0.3, 0.4) is 0 Å². The van der Waals surface area contributed by atoms with Crippen molar-refractivity contribution in [3.05, 3.63) is 29.8 Å². The second-order valence-corrected chi connectivity index (χ2v) is 9.46. The van der Waals surface area contributed by atoms with Gasteiger partial charge < -0.3 is 5.11 Å². The number of benzene rings is 1. The monoisotopic (exact) mass is 366 g/mol. The maximum absolute atomic E-state index is 12.2. The van der Waals surface area contributed by atoms with Crippen molar-refractivity contribution in [2.75, 3.05) is 14.1 Å². The summed E-state index contributed by atoms with van der Waals surface area (Å²) in [5, 5.41) is 9.59. The number of aliphatic carboxylic acids is 1. The number of likely N-dealkylation sites (tertiary alicyclic amines) is 1. The maximum Gasteiger partial charge on any atom is 0.320 e. The number of carboxylic acid groups (broad SMARTS) is 1. The van der Waals surface area contributed by atoms with Crippen molar-refractivity contribution in [2.24, 2.45) is 5.92 Å². The highest BCUT2D eigenvalue weighted by Gasteiger charge is 2.44.